The van der Waals surface area contributed by atoms with Crippen molar-refractivity contribution >= 4 is 5.97 Å². The van der Waals surface area contributed by atoms with Crippen LogP contribution in [0.2, 0.25) is 0 Å². The maximum absolute atomic E-state index is 13.8. The van der Waals surface area contributed by atoms with Crippen molar-refractivity contribution < 1.29 is 18.3 Å². The Balaban J connectivity index is 2.13. The molecule has 1 saturated heterocycles. The van der Waals surface area contributed by atoms with Gasteiger partial charge in [0.2, 0.25) is 0 Å². The molecular weight excluding hydrogens is 278 g/mol. The Bertz CT molecular complexity index is 510. The minimum absolute atomic E-state index is 0.267. The quantitative estimate of drug-likeness (QED) is 0.791. The highest BCUT2D eigenvalue weighted by molar-refractivity contribution is 5.76. The number of hydrogen-bond acceptors (Lipinski definition) is 4. The summed E-state index contributed by atoms with van der Waals surface area (Å²) in [5.41, 5.74) is 0.384. The number of esters is 1. The summed E-state index contributed by atoms with van der Waals surface area (Å²) in [6.07, 6.45) is 0. The lowest BCUT2D eigenvalue weighted by Gasteiger charge is -2.38. The average Bonchev–Trinajstić information content (AvgIpc) is 2.43. The topological polar surface area (TPSA) is 32.8 Å². The standard InChI is InChI=1S/C15H20F2N2O2/c1-3-21-15(20)14-10-18(2)6-7-19(14)9-11-4-5-12(16)8-13(11)17/h4-5,8,14H,3,6-7,9-10H2,1-2H3. The molecule has 0 bridgehead atoms. The van der Waals surface area contributed by atoms with E-state index in [1.54, 1.807) is 6.92 Å². The lowest BCUT2D eigenvalue weighted by Crippen LogP contribution is -2.55. The first-order chi connectivity index (χ1) is 10.0. The Morgan fingerprint density at radius 3 is 2.81 bits per heavy atom. The van der Waals surface area contributed by atoms with Crippen molar-refractivity contribution in [3.63, 3.8) is 0 Å². The van der Waals surface area contributed by atoms with E-state index in [1.165, 1.54) is 12.1 Å². The number of nitrogens with zero attached hydrogens (tertiary/aromatic N) is 2. The second-order valence-corrected chi connectivity index (χ2v) is 5.24. The van der Waals surface area contributed by atoms with Gasteiger partial charge in [0.15, 0.2) is 0 Å². The van der Waals surface area contributed by atoms with Crippen LogP contribution >= 0.6 is 0 Å². The van der Waals surface area contributed by atoms with Gasteiger partial charge in [-0.05, 0) is 20.0 Å². The second-order valence-electron chi connectivity index (χ2n) is 5.24. The summed E-state index contributed by atoms with van der Waals surface area (Å²) in [5.74, 6) is -1.49. The van der Waals surface area contributed by atoms with E-state index in [0.717, 1.165) is 12.6 Å². The van der Waals surface area contributed by atoms with E-state index in [4.69, 9.17) is 4.74 Å². The molecule has 1 atom stereocenters. The Hall–Kier alpha value is -1.53. The molecule has 2 rings (SSSR count). The van der Waals surface area contributed by atoms with Crippen LogP contribution in [0.4, 0.5) is 8.78 Å². The third-order valence-electron chi connectivity index (χ3n) is 3.64. The predicted octanol–water partition coefficient (Wildman–Crippen LogP) is 1.64. The Morgan fingerprint density at radius 1 is 1.38 bits per heavy atom. The fourth-order valence-electron chi connectivity index (χ4n) is 2.48. The van der Waals surface area contributed by atoms with Gasteiger partial charge in [0.25, 0.3) is 0 Å². The fraction of sp³-hybridized carbons (Fsp3) is 0.533. The highest BCUT2D eigenvalue weighted by atomic mass is 19.1. The summed E-state index contributed by atoms with van der Waals surface area (Å²) in [5, 5.41) is 0. The number of carbonyl (C=O) groups is 1. The summed E-state index contributed by atoms with van der Waals surface area (Å²) in [4.78, 5) is 16.0. The maximum atomic E-state index is 13.8. The molecule has 4 nitrogen and oxygen atoms in total. The molecule has 0 spiro atoms. The summed E-state index contributed by atoms with van der Waals surface area (Å²) in [7, 11) is 1.93. The monoisotopic (exact) mass is 298 g/mol. The van der Waals surface area contributed by atoms with Gasteiger partial charge in [-0.1, -0.05) is 6.07 Å². The number of rotatable bonds is 4. The largest absolute Gasteiger partial charge is 0.465 e. The number of benzene rings is 1. The van der Waals surface area contributed by atoms with Gasteiger partial charge < -0.3 is 9.64 Å². The van der Waals surface area contributed by atoms with Crippen molar-refractivity contribution in [1.29, 1.82) is 0 Å². The van der Waals surface area contributed by atoms with Gasteiger partial charge in [-0.15, -0.1) is 0 Å². The van der Waals surface area contributed by atoms with E-state index in [0.29, 0.717) is 25.3 Å². The van der Waals surface area contributed by atoms with Crippen molar-refractivity contribution in [2.45, 2.75) is 19.5 Å². The number of ether oxygens (including phenoxy) is 1. The van der Waals surface area contributed by atoms with Crippen molar-refractivity contribution in [3.05, 3.63) is 35.4 Å². The van der Waals surface area contributed by atoms with E-state index in [-0.39, 0.29) is 12.5 Å². The Kier molecular flexibility index (Phi) is 5.25. The van der Waals surface area contributed by atoms with Gasteiger partial charge in [-0.25, -0.2) is 8.78 Å². The molecule has 1 aromatic rings. The van der Waals surface area contributed by atoms with Crippen LogP contribution in [0.25, 0.3) is 0 Å². The van der Waals surface area contributed by atoms with Crippen molar-refractivity contribution in [2.24, 2.45) is 0 Å². The Labute approximate surface area is 123 Å². The van der Waals surface area contributed by atoms with Gasteiger partial charge in [0.05, 0.1) is 6.61 Å². The first-order valence-electron chi connectivity index (χ1n) is 7.04. The molecule has 1 aromatic carbocycles. The normalized spacial score (nSPS) is 20.5. The average molecular weight is 298 g/mol. The summed E-state index contributed by atoms with van der Waals surface area (Å²) in [6.45, 7) is 4.31. The van der Waals surface area contributed by atoms with Crippen LogP contribution < -0.4 is 0 Å². The van der Waals surface area contributed by atoms with E-state index < -0.39 is 17.7 Å². The van der Waals surface area contributed by atoms with Crippen LogP contribution in [0.3, 0.4) is 0 Å². The van der Waals surface area contributed by atoms with E-state index in [9.17, 15) is 13.6 Å². The van der Waals surface area contributed by atoms with E-state index in [1.807, 2.05) is 16.8 Å². The number of hydrogen-bond donors (Lipinski definition) is 0. The van der Waals surface area contributed by atoms with Crippen LogP contribution in [0, 0.1) is 11.6 Å². The van der Waals surface area contributed by atoms with Crippen LogP contribution in [0.15, 0.2) is 18.2 Å². The molecule has 0 saturated carbocycles. The number of carbonyl (C=O) groups excluding carboxylic acids is 1. The molecule has 1 aliphatic rings. The van der Waals surface area contributed by atoms with Crippen LogP contribution in [-0.4, -0.2) is 55.1 Å². The molecule has 1 unspecified atom stereocenters. The molecule has 0 aliphatic carbocycles. The number of halogens is 2. The number of likely N-dealkylation sites (N-methyl/N-ethyl adjacent to an activating group) is 1. The maximum Gasteiger partial charge on any atom is 0.324 e. The third kappa shape index (κ3) is 3.98. The van der Waals surface area contributed by atoms with E-state index >= 15 is 0 Å². The molecule has 0 aromatic heterocycles. The van der Waals surface area contributed by atoms with Crippen molar-refractivity contribution in [2.75, 3.05) is 33.3 Å². The summed E-state index contributed by atoms with van der Waals surface area (Å²) >= 11 is 0. The van der Waals surface area contributed by atoms with Crippen LogP contribution in [0.1, 0.15) is 12.5 Å². The Morgan fingerprint density at radius 2 is 2.14 bits per heavy atom. The van der Waals surface area contributed by atoms with Gasteiger partial charge in [0.1, 0.15) is 17.7 Å². The minimum Gasteiger partial charge on any atom is -0.465 e. The minimum atomic E-state index is -0.600. The van der Waals surface area contributed by atoms with Gasteiger partial charge >= 0.3 is 5.97 Å². The summed E-state index contributed by atoms with van der Waals surface area (Å²) < 4.78 is 31.8. The van der Waals surface area contributed by atoms with Gasteiger partial charge in [-0.3, -0.25) is 9.69 Å². The predicted molar refractivity (Wildman–Crippen MR) is 74.7 cm³/mol. The molecule has 1 fully saturated rings. The van der Waals surface area contributed by atoms with Crippen molar-refractivity contribution in [3.8, 4) is 0 Å². The lowest BCUT2D eigenvalue weighted by atomic mass is 10.1. The molecular formula is C15H20F2N2O2. The molecule has 0 amide bonds. The zero-order chi connectivity index (χ0) is 15.4. The lowest BCUT2D eigenvalue weighted by molar-refractivity contribution is -0.152. The van der Waals surface area contributed by atoms with Crippen molar-refractivity contribution in [1.82, 2.24) is 9.80 Å². The highest BCUT2D eigenvalue weighted by Gasteiger charge is 2.32. The second kappa shape index (κ2) is 6.95. The van der Waals surface area contributed by atoms with E-state index in [2.05, 4.69) is 0 Å². The first kappa shape index (κ1) is 15.9. The fourth-order valence-corrected chi connectivity index (χ4v) is 2.48. The molecule has 6 heteroatoms. The van der Waals surface area contributed by atoms with Gasteiger partial charge in [-0.2, -0.15) is 0 Å². The van der Waals surface area contributed by atoms with Gasteiger partial charge in [0, 0.05) is 37.8 Å². The number of piperazine rings is 1. The van der Waals surface area contributed by atoms with Crippen LogP contribution in [0.5, 0.6) is 0 Å². The smallest absolute Gasteiger partial charge is 0.324 e. The molecule has 1 aliphatic heterocycles. The SMILES string of the molecule is CCOC(=O)C1CN(C)CCN1Cc1ccc(F)cc1F. The summed E-state index contributed by atoms with van der Waals surface area (Å²) in [6, 6.07) is 3.09. The van der Waals surface area contributed by atoms with Crippen LogP contribution in [-0.2, 0) is 16.1 Å². The molecule has 116 valence electrons. The third-order valence-corrected chi connectivity index (χ3v) is 3.64. The zero-order valence-electron chi connectivity index (χ0n) is 12.3. The zero-order valence-corrected chi connectivity index (χ0v) is 12.3. The molecule has 21 heavy (non-hydrogen) atoms. The molecule has 0 radical (unpaired) electrons. The molecule has 0 N–H and O–H groups in total. The highest BCUT2D eigenvalue weighted by Crippen LogP contribution is 2.17. The first-order valence-corrected chi connectivity index (χ1v) is 7.04. The molecule has 1 heterocycles.